The molecule has 0 amide bonds. The predicted molar refractivity (Wildman–Crippen MR) is 100 cm³/mol. The second-order valence-electron chi connectivity index (χ2n) is 6.19. The van der Waals surface area contributed by atoms with E-state index in [4.69, 9.17) is 5.11 Å². The number of hydrogen-bond acceptors (Lipinski definition) is 3. The Morgan fingerprint density at radius 1 is 1.25 bits per heavy atom. The molecule has 0 aromatic heterocycles. The van der Waals surface area contributed by atoms with Gasteiger partial charge in [-0.05, 0) is 48.2 Å². The lowest BCUT2D eigenvalue weighted by molar-refractivity contribution is -0.137. The van der Waals surface area contributed by atoms with Crippen LogP contribution in [0.2, 0.25) is 0 Å². The zero-order valence-corrected chi connectivity index (χ0v) is 14.7. The minimum absolute atomic E-state index is 0.242. The van der Waals surface area contributed by atoms with Gasteiger partial charge in [0.25, 0.3) is 0 Å². The first-order chi connectivity index (χ1) is 11.7. The number of allylic oxidation sites excluding steroid dienone is 3. The Balaban J connectivity index is 1.77. The van der Waals surface area contributed by atoms with Gasteiger partial charge in [-0.3, -0.25) is 4.79 Å². The summed E-state index contributed by atoms with van der Waals surface area (Å²) in [5.74, 6) is 2.63. The minimum atomic E-state index is -0.724. The number of carbonyl (C=O) groups is 1. The molecule has 0 bridgehead atoms. The van der Waals surface area contributed by atoms with Gasteiger partial charge in [0.15, 0.2) is 0 Å². The molecule has 1 heterocycles. The van der Waals surface area contributed by atoms with Gasteiger partial charge in [-0.2, -0.15) is 11.8 Å². The number of carboxylic acids is 1. The Bertz CT molecular complexity index is 553. The molecule has 4 heteroatoms. The molecule has 0 saturated carbocycles. The molecule has 1 unspecified atom stereocenters. The highest BCUT2D eigenvalue weighted by molar-refractivity contribution is 7.99. The van der Waals surface area contributed by atoms with Crippen molar-refractivity contribution in [3.05, 3.63) is 60.2 Å². The zero-order chi connectivity index (χ0) is 17.2. The zero-order valence-electron chi connectivity index (χ0n) is 13.9. The summed E-state index contributed by atoms with van der Waals surface area (Å²) in [6, 6.07) is 9.71. The minimum Gasteiger partial charge on any atom is -0.481 e. The Labute approximate surface area is 148 Å². The highest BCUT2D eigenvalue weighted by atomic mass is 32.2. The summed E-state index contributed by atoms with van der Waals surface area (Å²) in [5, 5.41) is 18.8. The highest BCUT2D eigenvalue weighted by Gasteiger charge is 2.24. The summed E-state index contributed by atoms with van der Waals surface area (Å²) in [7, 11) is 0. The fraction of sp³-hybridized carbons (Fsp3) is 0.450. The molecule has 2 N–H and O–H groups in total. The highest BCUT2D eigenvalue weighted by Crippen LogP contribution is 2.34. The Kier molecular flexibility index (Phi) is 8.13. The van der Waals surface area contributed by atoms with Crippen LogP contribution in [0.3, 0.4) is 0 Å². The van der Waals surface area contributed by atoms with Gasteiger partial charge in [-0.15, -0.1) is 0 Å². The molecule has 130 valence electrons. The number of thioether (sulfide) groups is 1. The number of carboxylic acid groups (broad SMARTS) is 1. The van der Waals surface area contributed by atoms with Gasteiger partial charge in [-0.1, -0.05) is 54.6 Å². The number of hydrogen-bond donors (Lipinski definition) is 2. The third-order valence-corrected chi connectivity index (χ3v) is 5.58. The topological polar surface area (TPSA) is 57.5 Å². The van der Waals surface area contributed by atoms with Crippen LogP contribution in [-0.4, -0.2) is 27.7 Å². The number of aliphatic hydroxyl groups is 1. The summed E-state index contributed by atoms with van der Waals surface area (Å²) in [5.41, 5.74) is 0.925. The number of benzene rings is 1. The van der Waals surface area contributed by atoms with Crippen molar-refractivity contribution in [3.8, 4) is 0 Å². The van der Waals surface area contributed by atoms with Crippen molar-refractivity contribution < 1.29 is 15.0 Å². The van der Waals surface area contributed by atoms with E-state index in [9.17, 15) is 9.90 Å². The van der Waals surface area contributed by atoms with E-state index in [1.807, 2.05) is 48.2 Å². The molecule has 1 fully saturated rings. The third kappa shape index (κ3) is 6.54. The SMILES string of the molecule is O=C(O)CCCC=CC[C@H]1CSC[C@H]1C=CC(O)c1ccccc1. The number of rotatable bonds is 9. The second-order valence-corrected chi connectivity index (χ2v) is 7.27. The summed E-state index contributed by atoms with van der Waals surface area (Å²) in [4.78, 5) is 10.5. The molecular weight excluding hydrogens is 320 g/mol. The van der Waals surface area contributed by atoms with Crippen LogP contribution in [0.4, 0.5) is 0 Å². The van der Waals surface area contributed by atoms with Gasteiger partial charge in [0, 0.05) is 6.42 Å². The Morgan fingerprint density at radius 2 is 2.04 bits per heavy atom. The van der Waals surface area contributed by atoms with Crippen LogP contribution in [0.1, 0.15) is 37.4 Å². The number of unbranched alkanes of at least 4 members (excludes halogenated alkanes) is 1. The smallest absolute Gasteiger partial charge is 0.303 e. The van der Waals surface area contributed by atoms with Gasteiger partial charge < -0.3 is 10.2 Å². The van der Waals surface area contributed by atoms with E-state index in [1.54, 1.807) is 0 Å². The van der Waals surface area contributed by atoms with Crippen molar-refractivity contribution in [2.75, 3.05) is 11.5 Å². The van der Waals surface area contributed by atoms with Crippen LogP contribution in [0.25, 0.3) is 0 Å². The van der Waals surface area contributed by atoms with E-state index in [1.165, 1.54) is 0 Å². The Morgan fingerprint density at radius 3 is 2.79 bits per heavy atom. The first-order valence-electron chi connectivity index (χ1n) is 8.52. The summed E-state index contributed by atoms with van der Waals surface area (Å²) >= 11 is 1.97. The van der Waals surface area contributed by atoms with Crippen LogP contribution in [0.5, 0.6) is 0 Å². The first-order valence-corrected chi connectivity index (χ1v) is 9.68. The van der Waals surface area contributed by atoms with Gasteiger partial charge >= 0.3 is 5.97 Å². The van der Waals surface area contributed by atoms with Gasteiger partial charge in [0.2, 0.25) is 0 Å². The fourth-order valence-electron chi connectivity index (χ4n) is 2.84. The molecule has 1 aromatic carbocycles. The van der Waals surface area contributed by atoms with E-state index in [-0.39, 0.29) is 6.42 Å². The maximum atomic E-state index is 10.5. The molecule has 24 heavy (non-hydrogen) atoms. The maximum Gasteiger partial charge on any atom is 0.303 e. The van der Waals surface area contributed by atoms with Crippen molar-refractivity contribution in [1.82, 2.24) is 0 Å². The molecule has 2 rings (SSSR count). The van der Waals surface area contributed by atoms with E-state index >= 15 is 0 Å². The molecular formula is C20H26O3S. The van der Waals surface area contributed by atoms with E-state index < -0.39 is 12.1 Å². The quantitative estimate of drug-likeness (QED) is 0.512. The van der Waals surface area contributed by atoms with Gasteiger partial charge in [0.05, 0.1) is 6.10 Å². The number of aliphatic hydroxyl groups excluding tert-OH is 1. The lowest BCUT2D eigenvalue weighted by Crippen LogP contribution is -2.09. The average molecular weight is 346 g/mol. The monoisotopic (exact) mass is 346 g/mol. The van der Waals surface area contributed by atoms with Crippen LogP contribution in [-0.2, 0) is 4.79 Å². The van der Waals surface area contributed by atoms with Crippen molar-refractivity contribution in [1.29, 1.82) is 0 Å². The maximum absolute atomic E-state index is 10.5. The third-order valence-electron chi connectivity index (χ3n) is 4.30. The van der Waals surface area contributed by atoms with E-state index in [0.29, 0.717) is 18.3 Å². The standard InChI is InChI=1S/C20H26O3S/c21-19(16-8-5-3-6-9-16)13-12-18-15-24-14-17(18)10-4-1-2-7-11-20(22)23/h1,3-6,8-9,12-13,17-19,21H,2,7,10-11,14-15H2,(H,22,23)/t17-,18+,19?/m0/s1. The number of aliphatic carboxylic acids is 1. The second kappa shape index (κ2) is 10.4. The van der Waals surface area contributed by atoms with E-state index in [2.05, 4.69) is 18.2 Å². The summed E-state index contributed by atoms with van der Waals surface area (Å²) in [6.45, 7) is 0. The molecule has 1 aromatic rings. The molecule has 1 aliphatic heterocycles. The average Bonchev–Trinajstić information content (AvgIpc) is 3.03. The van der Waals surface area contributed by atoms with Crippen LogP contribution in [0.15, 0.2) is 54.6 Å². The van der Waals surface area contributed by atoms with Crippen molar-refractivity contribution in [3.63, 3.8) is 0 Å². The Hall–Kier alpha value is -1.52. The van der Waals surface area contributed by atoms with Crippen molar-refractivity contribution in [2.24, 2.45) is 11.8 Å². The molecule has 1 saturated heterocycles. The predicted octanol–water partition coefficient (Wildman–Crippen LogP) is 4.46. The molecule has 0 aliphatic carbocycles. The summed E-state index contributed by atoms with van der Waals surface area (Å²) < 4.78 is 0. The lowest BCUT2D eigenvalue weighted by Gasteiger charge is -2.14. The molecule has 3 nitrogen and oxygen atoms in total. The van der Waals surface area contributed by atoms with Gasteiger partial charge in [0.1, 0.15) is 0 Å². The fourth-order valence-corrected chi connectivity index (χ4v) is 4.32. The van der Waals surface area contributed by atoms with Crippen molar-refractivity contribution >= 4 is 17.7 Å². The van der Waals surface area contributed by atoms with Crippen molar-refractivity contribution in [2.45, 2.75) is 31.8 Å². The molecule has 0 spiro atoms. The van der Waals surface area contributed by atoms with Crippen LogP contribution >= 0.6 is 11.8 Å². The first kappa shape index (κ1) is 18.8. The molecule has 3 atom stereocenters. The normalized spacial score (nSPS) is 22.4. The van der Waals surface area contributed by atoms with Crippen LogP contribution in [0, 0.1) is 11.8 Å². The lowest BCUT2D eigenvalue weighted by atomic mass is 9.91. The molecule has 1 aliphatic rings. The van der Waals surface area contributed by atoms with Crippen LogP contribution < -0.4 is 0 Å². The largest absolute Gasteiger partial charge is 0.481 e. The van der Waals surface area contributed by atoms with Gasteiger partial charge in [-0.25, -0.2) is 0 Å². The van der Waals surface area contributed by atoms with E-state index in [0.717, 1.165) is 29.9 Å². The summed E-state index contributed by atoms with van der Waals surface area (Å²) in [6.07, 6.45) is 10.6. The molecule has 0 radical (unpaired) electrons.